The lowest BCUT2D eigenvalue weighted by Gasteiger charge is -2.27. The van der Waals surface area contributed by atoms with Crippen LogP contribution in [0, 0.1) is 0 Å². The van der Waals surface area contributed by atoms with Gasteiger partial charge in [-0.2, -0.15) is 0 Å². The van der Waals surface area contributed by atoms with Crippen molar-refractivity contribution >= 4 is 16.6 Å². The van der Waals surface area contributed by atoms with Gasteiger partial charge in [-0.1, -0.05) is 30.4 Å². The average molecular weight is 279 g/mol. The molecule has 1 N–H and O–H groups in total. The van der Waals surface area contributed by atoms with Gasteiger partial charge in [-0.25, -0.2) is 0 Å². The number of hydrogen-bond acceptors (Lipinski definition) is 3. The molecule has 1 aromatic heterocycles. The molecule has 2 aliphatic rings. The first kappa shape index (κ1) is 12.8. The minimum Gasteiger partial charge on any atom is -0.367 e. The van der Waals surface area contributed by atoms with E-state index >= 15 is 0 Å². The van der Waals surface area contributed by atoms with Gasteiger partial charge in [0, 0.05) is 36.7 Å². The molecular weight excluding hydrogens is 258 g/mol. The monoisotopic (exact) mass is 279 g/mol. The highest BCUT2D eigenvalue weighted by molar-refractivity contribution is 5.92. The molecule has 2 heterocycles. The molecule has 0 atom stereocenters. The van der Waals surface area contributed by atoms with Crippen LogP contribution in [0.1, 0.15) is 25.0 Å². The molecule has 0 unspecified atom stereocenters. The highest BCUT2D eigenvalue weighted by atomic mass is 15.1. The van der Waals surface area contributed by atoms with Crippen LogP contribution >= 0.6 is 0 Å². The van der Waals surface area contributed by atoms with Gasteiger partial charge in [0.15, 0.2) is 0 Å². The van der Waals surface area contributed by atoms with Crippen molar-refractivity contribution in [2.75, 3.05) is 18.0 Å². The third-order valence-electron chi connectivity index (χ3n) is 4.30. The Kier molecular flexibility index (Phi) is 3.36. The topological polar surface area (TPSA) is 28.2 Å². The van der Waals surface area contributed by atoms with E-state index in [1.54, 1.807) is 0 Å². The molecule has 3 heteroatoms. The molecule has 21 heavy (non-hydrogen) atoms. The van der Waals surface area contributed by atoms with Crippen molar-refractivity contribution in [2.24, 2.45) is 0 Å². The Morgan fingerprint density at radius 2 is 2.10 bits per heavy atom. The summed E-state index contributed by atoms with van der Waals surface area (Å²) in [6, 6.07) is 11.5. The molecule has 1 fully saturated rings. The predicted molar refractivity (Wildman–Crippen MR) is 87.6 cm³/mol. The summed E-state index contributed by atoms with van der Waals surface area (Å²) in [6.07, 6.45) is 8.30. The van der Waals surface area contributed by atoms with Gasteiger partial charge in [-0.3, -0.25) is 4.98 Å². The molecule has 0 radical (unpaired) electrons. The fourth-order valence-corrected chi connectivity index (χ4v) is 2.96. The van der Waals surface area contributed by atoms with E-state index in [0.29, 0.717) is 0 Å². The van der Waals surface area contributed by atoms with Crippen molar-refractivity contribution in [3.63, 3.8) is 0 Å². The first-order chi connectivity index (χ1) is 10.4. The molecule has 0 amide bonds. The van der Waals surface area contributed by atoms with E-state index < -0.39 is 0 Å². The zero-order valence-corrected chi connectivity index (χ0v) is 12.3. The van der Waals surface area contributed by atoms with Crippen LogP contribution in [0.2, 0.25) is 0 Å². The maximum absolute atomic E-state index is 4.82. The van der Waals surface area contributed by atoms with Crippen molar-refractivity contribution in [3.8, 4) is 0 Å². The number of nitrogens with one attached hydrogen (secondary N) is 1. The van der Waals surface area contributed by atoms with E-state index in [2.05, 4.69) is 52.7 Å². The predicted octanol–water partition coefficient (Wildman–Crippen LogP) is 3.25. The van der Waals surface area contributed by atoms with Crippen LogP contribution in [0.4, 0.5) is 5.69 Å². The lowest BCUT2D eigenvalue weighted by atomic mass is 10.1. The van der Waals surface area contributed by atoms with Crippen LogP contribution < -0.4 is 10.2 Å². The van der Waals surface area contributed by atoms with Gasteiger partial charge in [-0.05, 0) is 31.4 Å². The van der Waals surface area contributed by atoms with Crippen LogP contribution in [0.15, 0.2) is 42.5 Å². The molecule has 108 valence electrons. The van der Waals surface area contributed by atoms with E-state index in [4.69, 9.17) is 4.98 Å². The highest BCUT2D eigenvalue weighted by Crippen LogP contribution is 2.28. The summed E-state index contributed by atoms with van der Waals surface area (Å²) in [5, 5.41) is 4.84. The zero-order valence-electron chi connectivity index (χ0n) is 12.3. The van der Waals surface area contributed by atoms with Crippen molar-refractivity contribution in [1.82, 2.24) is 10.3 Å². The van der Waals surface area contributed by atoms with E-state index in [-0.39, 0.29) is 0 Å². The summed E-state index contributed by atoms with van der Waals surface area (Å²) < 4.78 is 0. The fraction of sp³-hybridized carbons (Fsp3) is 0.389. The summed E-state index contributed by atoms with van der Waals surface area (Å²) >= 11 is 0. The first-order valence-electron chi connectivity index (χ1n) is 7.92. The molecule has 1 aliphatic heterocycles. The third kappa shape index (κ3) is 2.79. The number of rotatable bonds is 4. The second-order valence-corrected chi connectivity index (χ2v) is 6.01. The Morgan fingerprint density at radius 1 is 1.19 bits per heavy atom. The SMILES string of the molecule is C1=CCN(c2cc(CNC3CC3)nc3ccccc23)CC1. The van der Waals surface area contributed by atoms with Gasteiger partial charge in [0.1, 0.15) is 0 Å². The molecule has 1 saturated carbocycles. The number of nitrogens with zero attached hydrogens (tertiary/aromatic N) is 2. The molecule has 0 spiro atoms. The molecule has 1 aliphatic carbocycles. The normalized spacial score (nSPS) is 18.4. The lowest BCUT2D eigenvalue weighted by molar-refractivity contribution is 0.676. The van der Waals surface area contributed by atoms with E-state index in [9.17, 15) is 0 Å². The van der Waals surface area contributed by atoms with Crippen molar-refractivity contribution in [2.45, 2.75) is 31.8 Å². The second-order valence-electron chi connectivity index (χ2n) is 6.01. The van der Waals surface area contributed by atoms with E-state index in [0.717, 1.165) is 43.3 Å². The smallest absolute Gasteiger partial charge is 0.0726 e. The Morgan fingerprint density at radius 3 is 2.90 bits per heavy atom. The van der Waals surface area contributed by atoms with Crippen LogP contribution in [0.25, 0.3) is 10.9 Å². The van der Waals surface area contributed by atoms with Gasteiger partial charge in [0.2, 0.25) is 0 Å². The van der Waals surface area contributed by atoms with Crippen LogP contribution in [0.5, 0.6) is 0 Å². The summed E-state index contributed by atoms with van der Waals surface area (Å²) in [5.74, 6) is 0. The Hall–Kier alpha value is -1.87. The van der Waals surface area contributed by atoms with Crippen LogP contribution in [-0.2, 0) is 6.54 Å². The number of fused-ring (bicyclic) bond motifs is 1. The fourth-order valence-electron chi connectivity index (χ4n) is 2.96. The number of benzene rings is 1. The Bertz CT molecular complexity index is 673. The van der Waals surface area contributed by atoms with Crippen molar-refractivity contribution < 1.29 is 0 Å². The lowest BCUT2D eigenvalue weighted by Crippen LogP contribution is -2.27. The molecule has 1 aromatic carbocycles. The van der Waals surface area contributed by atoms with Crippen molar-refractivity contribution in [3.05, 3.63) is 48.2 Å². The summed E-state index contributed by atoms with van der Waals surface area (Å²) in [5.41, 5.74) is 3.60. The Labute approximate surface area is 125 Å². The van der Waals surface area contributed by atoms with Gasteiger partial charge < -0.3 is 10.2 Å². The third-order valence-corrected chi connectivity index (χ3v) is 4.30. The number of para-hydroxylation sites is 1. The number of anilines is 1. The molecule has 0 saturated heterocycles. The largest absolute Gasteiger partial charge is 0.367 e. The van der Waals surface area contributed by atoms with Gasteiger partial charge >= 0.3 is 0 Å². The maximum atomic E-state index is 4.82. The minimum absolute atomic E-state index is 0.722. The quantitative estimate of drug-likeness (QED) is 0.871. The molecule has 0 bridgehead atoms. The summed E-state index contributed by atoms with van der Waals surface area (Å²) in [7, 11) is 0. The average Bonchev–Trinajstić information content (AvgIpc) is 3.37. The van der Waals surface area contributed by atoms with Crippen molar-refractivity contribution in [1.29, 1.82) is 0 Å². The molecule has 3 nitrogen and oxygen atoms in total. The molecule has 4 rings (SSSR count). The van der Waals surface area contributed by atoms with Gasteiger partial charge in [-0.15, -0.1) is 0 Å². The second kappa shape index (κ2) is 5.49. The number of aromatic nitrogens is 1. The number of pyridine rings is 1. The van der Waals surface area contributed by atoms with E-state index in [1.165, 1.54) is 23.9 Å². The minimum atomic E-state index is 0.722. The summed E-state index contributed by atoms with van der Waals surface area (Å²) in [4.78, 5) is 7.29. The molecule has 2 aromatic rings. The standard InChI is InChI=1S/C18H21N3/c1-4-10-21(11-5-1)18-12-15(13-19-14-8-9-14)20-17-7-3-2-6-16(17)18/h1-4,6-7,12,14,19H,5,8-11,13H2. The van der Waals surface area contributed by atoms with E-state index in [1.807, 2.05) is 0 Å². The summed E-state index contributed by atoms with van der Waals surface area (Å²) in [6.45, 7) is 2.98. The van der Waals surface area contributed by atoms with Crippen LogP contribution in [0.3, 0.4) is 0 Å². The maximum Gasteiger partial charge on any atom is 0.0726 e. The first-order valence-corrected chi connectivity index (χ1v) is 7.92. The Balaban J connectivity index is 1.72. The van der Waals surface area contributed by atoms with Gasteiger partial charge in [0.25, 0.3) is 0 Å². The van der Waals surface area contributed by atoms with Crippen LogP contribution in [-0.4, -0.2) is 24.1 Å². The van der Waals surface area contributed by atoms with Gasteiger partial charge in [0.05, 0.1) is 11.2 Å². The molecular formula is C18H21N3. The number of hydrogen-bond donors (Lipinski definition) is 1. The zero-order chi connectivity index (χ0) is 14.1. The highest BCUT2D eigenvalue weighted by Gasteiger charge is 2.21.